The predicted octanol–water partition coefficient (Wildman–Crippen LogP) is 7.22. The maximum Gasteiger partial charge on any atom is 0.416 e. The number of aromatic amines is 1. The van der Waals surface area contributed by atoms with Gasteiger partial charge in [-0.1, -0.05) is 42.5 Å². The van der Waals surface area contributed by atoms with E-state index in [1.54, 1.807) is 12.1 Å². The topological polar surface area (TPSA) is 64.3 Å². The number of benzene rings is 4. The van der Waals surface area contributed by atoms with Crippen LogP contribution in [-0.2, 0) is 12.7 Å². The summed E-state index contributed by atoms with van der Waals surface area (Å²) >= 11 is 0. The first-order valence-corrected chi connectivity index (χ1v) is 14.2. The van der Waals surface area contributed by atoms with E-state index in [0.717, 1.165) is 83.7 Å². The van der Waals surface area contributed by atoms with Crippen LogP contribution >= 0.6 is 0 Å². The van der Waals surface area contributed by atoms with Gasteiger partial charge < -0.3 is 10.2 Å². The van der Waals surface area contributed by atoms with E-state index in [2.05, 4.69) is 56.6 Å². The Bertz CT molecular complexity index is 1770. The van der Waals surface area contributed by atoms with Gasteiger partial charge in [0.05, 0.1) is 16.8 Å². The lowest BCUT2D eigenvalue weighted by Gasteiger charge is -2.32. The molecule has 220 valence electrons. The van der Waals surface area contributed by atoms with Crippen molar-refractivity contribution in [3.05, 3.63) is 107 Å². The second kappa shape index (κ2) is 11.7. The SMILES string of the molecule is Cc1ccc(C(=O)Nc2cccc(C(F)(F)F)c2)cc1-c1ccc2c(-c3ccc(CN4CCN(C)CC4)cc3)n[nH]c2c1. The maximum atomic E-state index is 13.1. The zero-order chi connectivity index (χ0) is 30.1. The van der Waals surface area contributed by atoms with E-state index in [-0.39, 0.29) is 5.69 Å². The van der Waals surface area contributed by atoms with Crippen LogP contribution in [0.1, 0.15) is 27.0 Å². The maximum absolute atomic E-state index is 13.1. The first kappa shape index (κ1) is 28.6. The summed E-state index contributed by atoms with van der Waals surface area (Å²) in [6, 6.07) is 24.5. The average molecular weight is 584 g/mol. The van der Waals surface area contributed by atoms with Crippen LogP contribution in [0.15, 0.2) is 84.9 Å². The van der Waals surface area contributed by atoms with Crippen molar-refractivity contribution in [3.63, 3.8) is 0 Å². The number of hydrogen-bond acceptors (Lipinski definition) is 4. The third-order valence-corrected chi connectivity index (χ3v) is 8.05. The summed E-state index contributed by atoms with van der Waals surface area (Å²) in [5.41, 5.74) is 6.38. The van der Waals surface area contributed by atoms with Crippen molar-refractivity contribution in [3.8, 4) is 22.4 Å². The number of nitrogens with zero attached hydrogens (tertiary/aromatic N) is 3. The lowest BCUT2D eigenvalue weighted by molar-refractivity contribution is -0.137. The van der Waals surface area contributed by atoms with E-state index >= 15 is 0 Å². The van der Waals surface area contributed by atoms with E-state index < -0.39 is 17.6 Å². The zero-order valence-electron chi connectivity index (χ0n) is 24.0. The molecule has 6 nitrogen and oxygen atoms in total. The van der Waals surface area contributed by atoms with Crippen molar-refractivity contribution in [2.75, 3.05) is 38.5 Å². The van der Waals surface area contributed by atoms with Crippen LogP contribution in [-0.4, -0.2) is 59.1 Å². The molecule has 0 radical (unpaired) electrons. The molecule has 6 rings (SSSR count). The Kier molecular flexibility index (Phi) is 7.77. The first-order valence-electron chi connectivity index (χ1n) is 14.2. The van der Waals surface area contributed by atoms with Crippen LogP contribution < -0.4 is 5.32 Å². The fourth-order valence-corrected chi connectivity index (χ4v) is 5.49. The third kappa shape index (κ3) is 6.33. The highest BCUT2D eigenvalue weighted by molar-refractivity contribution is 6.05. The number of hydrogen-bond donors (Lipinski definition) is 2. The summed E-state index contributed by atoms with van der Waals surface area (Å²) in [5.74, 6) is -0.485. The number of rotatable bonds is 6. The third-order valence-electron chi connectivity index (χ3n) is 8.05. The van der Waals surface area contributed by atoms with Gasteiger partial charge in [-0.05, 0) is 78.7 Å². The second-order valence-electron chi connectivity index (χ2n) is 11.2. The zero-order valence-corrected chi connectivity index (χ0v) is 24.0. The Morgan fingerprint density at radius 2 is 1.65 bits per heavy atom. The number of aromatic nitrogens is 2. The number of fused-ring (bicyclic) bond motifs is 1. The molecule has 5 aromatic rings. The molecular weight excluding hydrogens is 551 g/mol. The molecule has 9 heteroatoms. The normalized spacial score (nSPS) is 14.7. The minimum Gasteiger partial charge on any atom is -0.322 e. The number of likely N-dealkylation sites (N-methyl/N-ethyl adjacent to an activating group) is 1. The Balaban J connectivity index is 1.20. The van der Waals surface area contributed by atoms with Gasteiger partial charge in [-0.15, -0.1) is 0 Å². The number of anilines is 1. The standard InChI is InChI=1S/C34H32F3N5O/c1-22-6-9-26(33(43)38-28-5-3-4-27(20-28)34(35,36)37)18-30(22)25-12-13-29-31(19-25)39-40-32(29)24-10-7-23(8-11-24)21-42-16-14-41(2)15-17-42/h3-13,18-20H,14-17,21H2,1-2H3,(H,38,43)(H,39,40). The molecule has 0 atom stereocenters. The molecule has 1 saturated heterocycles. The van der Waals surface area contributed by atoms with E-state index in [1.165, 1.54) is 17.7 Å². The van der Waals surface area contributed by atoms with Gasteiger partial charge in [0, 0.05) is 54.9 Å². The van der Waals surface area contributed by atoms with Crippen LogP contribution in [0.3, 0.4) is 0 Å². The molecule has 4 aromatic carbocycles. The van der Waals surface area contributed by atoms with Crippen LogP contribution in [0.25, 0.3) is 33.3 Å². The fraction of sp³-hybridized carbons (Fsp3) is 0.235. The van der Waals surface area contributed by atoms with Crippen LogP contribution in [0.4, 0.5) is 18.9 Å². The first-order chi connectivity index (χ1) is 20.6. The van der Waals surface area contributed by atoms with Gasteiger partial charge >= 0.3 is 6.18 Å². The summed E-state index contributed by atoms with van der Waals surface area (Å²) in [5, 5.41) is 11.3. The average Bonchev–Trinajstić information content (AvgIpc) is 3.42. The number of piperazine rings is 1. The van der Waals surface area contributed by atoms with Crippen molar-refractivity contribution in [1.82, 2.24) is 20.0 Å². The molecule has 1 fully saturated rings. The van der Waals surface area contributed by atoms with Gasteiger partial charge in [0.1, 0.15) is 0 Å². The van der Waals surface area contributed by atoms with E-state index in [9.17, 15) is 18.0 Å². The van der Waals surface area contributed by atoms with Crippen molar-refractivity contribution < 1.29 is 18.0 Å². The highest BCUT2D eigenvalue weighted by atomic mass is 19.4. The van der Waals surface area contributed by atoms with Crippen LogP contribution in [0, 0.1) is 6.92 Å². The molecule has 0 bridgehead atoms. The van der Waals surface area contributed by atoms with Gasteiger partial charge in [-0.2, -0.15) is 18.3 Å². The van der Waals surface area contributed by atoms with Gasteiger partial charge in [0.25, 0.3) is 5.91 Å². The van der Waals surface area contributed by atoms with Crippen molar-refractivity contribution in [2.45, 2.75) is 19.6 Å². The number of carbonyl (C=O) groups excluding carboxylic acids is 1. The summed E-state index contributed by atoms with van der Waals surface area (Å²) in [7, 11) is 2.16. The Hall–Kier alpha value is -4.47. The molecule has 0 aliphatic carbocycles. The molecule has 0 spiro atoms. The summed E-state index contributed by atoms with van der Waals surface area (Å²) in [4.78, 5) is 17.8. The largest absolute Gasteiger partial charge is 0.416 e. The number of alkyl halides is 3. The van der Waals surface area contributed by atoms with E-state index in [4.69, 9.17) is 0 Å². The Morgan fingerprint density at radius 1 is 0.907 bits per heavy atom. The molecule has 2 heterocycles. The fourth-order valence-electron chi connectivity index (χ4n) is 5.49. The number of halogens is 3. The van der Waals surface area contributed by atoms with E-state index in [0.29, 0.717) is 5.56 Å². The van der Waals surface area contributed by atoms with Gasteiger partial charge in [-0.25, -0.2) is 0 Å². The van der Waals surface area contributed by atoms with Crippen molar-refractivity contribution in [2.24, 2.45) is 0 Å². The molecule has 2 N–H and O–H groups in total. The Labute approximate surface area is 248 Å². The smallest absolute Gasteiger partial charge is 0.322 e. The number of aryl methyl sites for hydroxylation is 1. The number of H-pyrrole nitrogens is 1. The van der Waals surface area contributed by atoms with Gasteiger partial charge in [0.15, 0.2) is 0 Å². The van der Waals surface area contributed by atoms with E-state index in [1.807, 2.05) is 31.2 Å². The summed E-state index contributed by atoms with van der Waals surface area (Å²) in [6.07, 6.45) is -4.49. The lowest BCUT2D eigenvalue weighted by atomic mass is 9.96. The van der Waals surface area contributed by atoms with Gasteiger partial charge in [-0.3, -0.25) is 14.8 Å². The number of amides is 1. The lowest BCUT2D eigenvalue weighted by Crippen LogP contribution is -2.43. The van der Waals surface area contributed by atoms with Crippen molar-refractivity contribution >= 4 is 22.5 Å². The molecule has 1 amide bonds. The summed E-state index contributed by atoms with van der Waals surface area (Å²) < 4.78 is 39.3. The minimum atomic E-state index is -4.49. The van der Waals surface area contributed by atoms with Crippen LogP contribution in [0.2, 0.25) is 0 Å². The molecule has 1 aromatic heterocycles. The monoisotopic (exact) mass is 583 g/mol. The molecule has 1 aliphatic heterocycles. The number of nitrogens with one attached hydrogen (secondary N) is 2. The van der Waals surface area contributed by atoms with Gasteiger partial charge in [0.2, 0.25) is 0 Å². The Morgan fingerprint density at radius 3 is 2.40 bits per heavy atom. The second-order valence-corrected chi connectivity index (χ2v) is 11.2. The summed E-state index contributed by atoms with van der Waals surface area (Å²) in [6.45, 7) is 7.23. The highest BCUT2D eigenvalue weighted by Crippen LogP contribution is 2.33. The molecule has 43 heavy (non-hydrogen) atoms. The molecule has 1 aliphatic rings. The number of carbonyl (C=O) groups is 1. The van der Waals surface area contributed by atoms with Crippen LogP contribution in [0.5, 0.6) is 0 Å². The minimum absolute atomic E-state index is 0.0840. The predicted molar refractivity (Wildman–Crippen MR) is 164 cm³/mol. The molecular formula is C34H32F3N5O. The highest BCUT2D eigenvalue weighted by Gasteiger charge is 2.30. The quantitative estimate of drug-likeness (QED) is 0.222. The molecule has 0 unspecified atom stereocenters. The van der Waals surface area contributed by atoms with Crippen molar-refractivity contribution in [1.29, 1.82) is 0 Å². The molecule has 0 saturated carbocycles.